The van der Waals surface area contributed by atoms with Gasteiger partial charge in [-0.2, -0.15) is 0 Å². The van der Waals surface area contributed by atoms with Gasteiger partial charge in [0.15, 0.2) is 0 Å². The molecule has 1 saturated carbocycles. The highest BCUT2D eigenvalue weighted by molar-refractivity contribution is 5.47. The summed E-state index contributed by atoms with van der Waals surface area (Å²) in [7, 11) is 0. The van der Waals surface area contributed by atoms with Gasteiger partial charge in [-0.05, 0) is 44.4 Å². The zero-order chi connectivity index (χ0) is 13.1. The number of aromatic nitrogens is 2. The number of anilines is 1. The summed E-state index contributed by atoms with van der Waals surface area (Å²) in [6.07, 6.45) is 13.3. The molecule has 2 atom stereocenters. The summed E-state index contributed by atoms with van der Waals surface area (Å²) in [5.74, 6) is 1.96. The number of fused-ring (bicyclic) bond motifs is 1. The van der Waals surface area contributed by atoms with Gasteiger partial charge in [-0.1, -0.05) is 26.2 Å². The van der Waals surface area contributed by atoms with E-state index in [-0.39, 0.29) is 0 Å². The summed E-state index contributed by atoms with van der Waals surface area (Å²) in [4.78, 5) is 8.99. The quantitative estimate of drug-likeness (QED) is 0.898. The largest absolute Gasteiger partial charge is 0.367 e. The normalized spacial score (nSPS) is 26.8. The second-order valence-electron chi connectivity index (χ2n) is 6.06. The van der Waals surface area contributed by atoms with Crippen LogP contribution < -0.4 is 5.32 Å². The first-order valence-corrected chi connectivity index (χ1v) is 7.97. The lowest BCUT2D eigenvalue weighted by atomic mass is 9.82. The molecule has 3 nitrogen and oxygen atoms in total. The lowest BCUT2D eigenvalue weighted by molar-refractivity contribution is 0.316. The van der Waals surface area contributed by atoms with Crippen molar-refractivity contribution in [3.8, 4) is 0 Å². The molecule has 1 fully saturated rings. The van der Waals surface area contributed by atoms with E-state index in [1.54, 1.807) is 6.33 Å². The van der Waals surface area contributed by atoms with Crippen LogP contribution in [0.1, 0.15) is 63.1 Å². The van der Waals surface area contributed by atoms with Crippen LogP contribution in [0.4, 0.5) is 5.82 Å². The lowest BCUT2D eigenvalue weighted by Gasteiger charge is -2.33. The second kappa shape index (κ2) is 5.89. The van der Waals surface area contributed by atoms with Crippen LogP contribution in [0.3, 0.4) is 0 Å². The van der Waals surface area contributed by atoms with Crippen LogP contribution in [0.5, 0.6) is 0 Å². The molecule has 3 rings (SSSR count). The SMILES string of the molecule is CCC1CCCCC1Nc1ncnc2c1CCCC2. The molecule has 2 unspecified atom stereocenters. The Morgan fingerprint density at radius 1 is 1.11 bits per heavy atom. The average molecular weight is 259 g/mol. The Hall–Kier alpha value is -1.12. The molecular weight excluding hydrogens is 234 g/mol. The zero-order valence-corrected chi connectivity index (χ0v) is 12.0. The van der Waals surface area contributed by atoms with Gasteiger partial charge in [0.2, 0.25) is 0 Å². The molecule has 0 amide bonds. The Morgan fingerprint density at radius 2 is 1.95 bits per heavy atom. The first-order chi connectivity index (χ1) is 9.38. The van der Waals surface area contributed by atoms with Gasteiger partial charge in [0.05, 0.1) is 0 Å². The maximum Gasteiger partial charge on any atom is 0.133 e. The Bertz CT molecular complexity index is 430. The number of nitrogens with one attached hydrogen (secondary N) is 1. The summed E-state index contributed by atoms with van der Waals surface area (Å²) in [5, 5.41) is 3.76. The molecule has 0 aliphatic heterocycles. The lowest BCUT2D eigenvalue weighted by Crippen LogP contribution is -2.33. The highest BCUT2D eigenvalue weighted by Gasteiger charge is 2.25. The number of nitrogens with zero attached hydrogens (tertiary/aromatic N) is 2. The fraction of sp³-hybridized carbons (Fsp3) is 0.750. The van der Waals surface area contributed by atoms with E-state index in [0.29, 0.717) is 6.04 Å². The molecule has 104 valence electrons. The van der Waals surface area contributed by atoms with Crippen LogP contribution in [0.25, 0.3) is 0 Å². The number of hydrogen-bond acceptors (Lipinski definition) is 3. The van der Waals surface area contributed by atoms with Crippen LogP contribution >= 0.6 is 0 Å². The molecule has 0 aromatic carbocycles. The molecule has 1 heterocycles. The van der Waals surface area contributed by atoms with Gasteiger partial charge in [-0.15, -0.1) is 0 Å². The number of aryl methyl sites for hydroxylation is 1. The van der Waals surface area contributed by atoms with Crippen LogP contribution in [0.15, 0.2) is 6.33 Å². The van der Waals surface area contributed by atoms with E-state index in [2.05, 4.69) is 22.2 Å². The van der Waals surface area contributed by atoms with Gasteiger partial charge in [-0.25, -0.2) is 9.97 Å². The predicted molar refractivity (Wildman–Crippen MR) is 78.3 cm³/mol. The number of rotatable bonds is 3. The third-order valence-electron chi connectivity index (χ3n) is 4.88. The Balaban J connectivity index is 1.78. The second-order valence-corrected chi connectivity index (χ2v) is 6.06. The van der Waals surface area contributed by atoms with Crippen molar-refractivity contribution >= 4 is 5.82 Å². The van der Waals surface area contributed by atoms with Crippen LogP contribution in [0, 0.1) is 5.92 Å². The van der Waals surface area contributed by atoms with Gasteiger partial charge in [0.1, 0.15) is 12.1 Å². The maximum absolute atomic E-state index is 4.53. The maximum atomic E-state index is 4.53. The van der Waals surface area contributed by atoms with Crippen molar-refractivity contribution < 1.29 is 0 Å². The highest BCUT2D eigenvalue weighted by Crippen LogP contribution is 2.31. The molecule has 0 radical (unpaired) electrons. The molecule has 2 aliphatic rings. The Kier molecular flexibility index (Phi) is 4.00. The number of hydrogen-bond donors (Lipinski definition) is 1. The van der Waals surface area contributed by atoms with Crippen molar-refractivity contribution in [3.63, 3.8) is 0 Å². The molecule has 0 spiro atoms. The summed E-state index contributed by atoms with van der Waals surface area (Å²) >= 11 is 0. The van der Waals surface area contributed by atoms with E-state index in [1.165, 1.54) is 56.2 Å². The van der Waals surface area contributed by atoms with E-state index < -0.39 is 0 Å². The van der Waals surface area contributed by atoms with Gasteiger partial charge in [-0.3, -0.25) is 0 Å². The summed E-state index contributed by atoms with van der Waals surface area (Å²) in [5.41, 5.74) is 2.68. The van der Waals surface area contributed by atoms with Crippen molar-refractivity contribution in [2.75, 3.05) is 5.32 Å². The van der Waals surface area contributed by atoms with Crippen molar-refractivity contribution in [3.05, 3.63) is 17.6 Å². The van der Waals surface area contributed by atoms with Gasteiger partial charge in [0, 0.05) is 17.3 Å². The minimum Gasteiger partial charge on any atom is -0.367 e. The first-order valence-electron chi connectivity index (χ1n) is 7.97. The van der Waals surface area contributed by atoms with Crippen LogP contribution in [-0.2, 0) is 12.8 Å². The standard InChI is InChI=1S/C16H25N3/c1-2-12-7-3-5-9-14(12)19-16-13-8-4-6-10-15(13)17-11-18-16/h11-12,14H,2-10H2,1H3,(H,17,18,19). The first kappa shape index (κ1) is 12.9. The Labute approximate surface area is 116 Å². The van der Waals surface area contributed by atoms with Crippen molar-refractivity contribution in [2.45, 2.75) is 70.8 Å². The Morgan fingerprint density at radius 3 is 2.84 bits per heavy atom. The predicted octanol–water partition coefficient (Wildman–Crippen LogP) is 3.74. The van der Waals surface area contributed by atoms with Gasteiger partial charge < -0.3 is 5.32 Å². The topological polar surface area (TPSA) is 37.8 Å². The molecule has 3 heteroatoms. The van der Waals surface area contributed by atoms with E-state index in [1.807, 2.05) is 0 Å². The molecule has 0 saturated heterocycles. The minimum absolute atomic E-state index is 0.625. The molecular formula is C16H25N3. The van der Waals surface area contributed by atoms with Crippen molar-refractivity contribution in [1.29, 1.82) is 0 Å². The third kappa shape index (κ3) is 2.75. The fourth-order valence-electron chi connectivity index (χ4n) is 3.71. The zero-order valence-electron chi connectivity index (χ0n) is 12.0. The van der Waals surface area contributed by atoms with Crippen LogP contribution in [0.2, 0.25) is 0 Å². The molecule has 1 aromatic rings. The monoisotopic (exact) mass is 259 g/mol. The third-order valence-corrected chi connectivity index (χ3v) is 4.88. The average Bonchev–Trinajstić information content (AvgIpc) is 2.48. The molecule has 2 aliphatic carbocycles. The molecule has 0 bridgehead atoms. The summed E-state index contributed by atoms with van der Waals surface area (Å²) in [6.45, 7) is 2.32. The molecule has 1 aromatic heterocycles. The van der Waals surface area contributed by atoms with E-state index >= 15 is 0 Å². The van der Waals surface area contributed by atoms with Crippen molar-refractivity contribution in [1.82, 2.24) is 9.97 Å². The molecule has 1 N–H and O–H groups in total. The highest BCUT2D eigenvalue weighted by atomic mass is 15.0. The van der Waals surface area contributed by atoms with Gasteiger partial charge in [0.25, 0.3) is 0 Å². The van der Waals surface area contributed by atoms with E-state index in [4.69, 9.17) is 0 Å². The minimum atomic E-state index is 0.625. The van der Waals surface area contributed by atoms with Gasteiger partial charge >= 0.3 is 0 Å². The summed E-state index contributed by atoms with van der Waals surface area (Å²) < 4.78 is 0. The van der Waals surface area contributed by atoms with E-state index in [0.717, 1.165) is 24.6 Å². The van der Waals surface area contributed by atoms with Crippen molar-refractivity contribution in [2.24, 2.45) is 5.92 Å². The fourth-order valence-corrected chi connectivity index (χ4v) is 3.71. The van der Waals surface area contributed by atoms with E-state index in [9.17, 15) is 0 Å². The smallest absolute Gasteiger partial charge is 0.133 e. The van der Waals surface area contributed by atoms with Crippen LogP contribution in [-0.4, -0.2) is 16.0 Å². The molecule has 19 heavy (non-hydrogen) atoms. The summed E-state index contributed by atoms with van der Waals surface area (Å²) in [6, 6.07) is 0.625.